The van der Waals surface area contributed by atoms with Gasteiger partial charge in [-0.15, -0.1) is 10.2 Å². The minimum Gasteiger partial charge on any atom is -0.467 e. The minimum atomic E-state index is 0.598. The number of nitrogens with zero attached hydrogens (tertiary/aromatic N) is 5. The van der Waals surface area contributed by atoms with E-state index >= 15 is 0 Å². The van der Waals surface area contributed by atoms with E-state index in [9.17, 15) is 0 Å². The van der Waals surface area contributed by atoms with Gasteiger partial charge >= 0.3 is 0 Å². The molecule has 1 aliphatic heterocycles. The Bertz CT molecular complexity index is 802. The summed E-state index contributed by atoms with van der Waals surface area (Å²) in [5.41, 5.74) is 0.825. The molecule has 3 aromatic rings. The van der Waals surface area contributed by atoms with Crippen LogP contribution in [0.1, 0.15) is 26.0 Å². The molecule has 1 fully saturated rings. The third-order valence-corrected chi connectivity index (χ3v) is 4.67. The summed E-state index contributed by atoms with van der Waals surface area (Å²) in [4.78, 5) is 6.80. The van der Waals surface area contributed by atoms with Crippen molar-refractivity contribution in [3.05, 3.63) is 48.6 Å². The predicted octanol–water partition coefficient (Wildman–Crippen LogP) is 3.46. The lowest BCUT2D eigenvalue weighted by Crippen LogP contribution is -2.40. The number of anilines is 1. The van der Waals surface area contributed by atoms with Crippen molar-refractivity contribution in [2.75, 3.05) is 18.0 Å². The molecule has 0 N–H and O–H groups in total. The Morgan fingerprint density at radius 2 is 1.92 bits per heavy atom. The van der Waals surface area contributed by atoms with Crippen molar-refractivity contribution in [3.63, 3.8) is 0 Å². The van der Waals surface area contributed by atoms with Crippen LogP contribution < -0.4 is 4.90 Å². The van der Waals surface area contributed by atoms with E-state index in [1.165, 1.54) is 6.42 Å². The molecule has 0 radical (unpaired) electrons. The highest BCUT2D eigenvalue weighted by atomic mass is 16.3. The topological polar surface area (TPSA) is 60.0 Å². The molecule has 1 saturated heterocycles. The fourth-order valence-electron chi connectivity index (χ4n) is 3.74. The highest BCUT2D eigenvalue weighted by Crippen LogP contribution is 2.28. The second-order valence-electron chi connectivity index (χ2n) is 7.06. The second kappa shape index (κ2) is 6.70. The van der Waals surface area contributed by atoms with E-state index in [-0.39, 0.29) is 0 Å². The summed E-state index contributed by atoms with van der Waals surface area (Å²) in [6.07, 6.45) is 4.74. The number of hydrogen-bond donors (Lipinski definition) is 0. The van der Waals surface area contributed by atoms with Crippen molar-refractivity contribution < 1.29 is 4.42 Å². The molecule has 3 aromatic heterocycles. The number of pyridine rings is 1. The van der Waals surface area contributed by atoms with Crippen molar-refractivity contribution in [3.8, 4) is 11.5 Å². The van der Waals surface area contributed by atoms with Crippen LogP contribution in [0.2, 0.25) is 0 Å². The van der Waals surface area contributed by atoms with Gasteiger partial charge < -0.3 is 9.32 Å². The molecule has 6 nitrogen and oxygen atoms in total. The van der Waals surface area contributed by atoms with Gasteiger partial charge in [-0.2, -0.15) is 0 Å². The molecule has 0 spiro atoms. The average Bonchev–Trinajstić information content (AvgIpc) is 3.25. The molecule has 0 aliphatic carbocycles. The fourth-order valence-corrected chi connectivity index (χ4v) is 3.74. The Balaban J connectivity index is 1.74. The Labute approximate surface area is 147 Å². The molecule has 130 valence electrons. The van der Waals surface area contributed by atoms with Gasteiger partial charge in [0.25, 0.3) is 0 Å². The van der Waals surface area contributed by atoms with Gasteiger partial charge in [0.2, 0.25) is 5.95 Å². The zero-order valence-corrected chi connectivity index (χ0v) is 14.7. The summed E-state index contributed by atoms with van der Waals surface area (Å²) in [7, 11) is 0. The normalized spacial score (nSPS) is 20.8. The molecule has 1 aliphatic rings. The zero-order valence-electron chi connectivity index (χ0n) is 14.7. The smallest absolute Gasteiger partial charge is 0.228 e. The lowest BCUT2D eigenvalue weighted by atomic mass is 9.92. The molecule has 0 aromatic carbocycles. The first-order valence-electron chi connectivity index (χ1n) is 8.82. The van der Waals surface area contributed by atoms with Crippen LogP contribution in [-0.4, -0.2) is 32.8 Å². The zero-order chi connectivity index (χ0) is 17.2. The Morgan fingerprint density at radius 1 is 1.08 bits per heavy atom. The van der Waals surface area contributed by atoms with E-state index in [4.69, 9.17) is 4.42 Å². The van der Waals surface area contributed by atoms with E-state index in [2.05, 4.69) is 38.5 Å². The Morgan fingerprint density at radius 3 is 2.60 bits per heavy atom. The van der Waals surface area contributed by atoms with E-state index in [0.29, 0.717) is 18.4 Å². The quantitative estimate of drug-likeness (QED) is 0.729. The van der Waals surface area contributed by atoms with Crippen LogP contribution in [0.25, 0.3) is 11.5 Å². The van der Waals surface area contributed by atoms with E-state index < -0.39 is 0 Å². The van der Waals surface area contributed by atoms with Crippen molar-refractivity contribution >= 4 is 5.95 Å². The van der Waals surface area contributed by atoms with Crippen molar-refractivity contribution in [2.45, 2.75) is 26.8 Å². The summed E-state index contributed by atoms with van der Waals surface area (Å²) in [5.74, 6) is 3.86. The highest BCUT2D eigenvalue weighted by Gasteiger charge is 2.27. The molecule has 0 amide bonds. The van der Waals surface area contributed by atoms with Crippen LogP contribution in [0.5, 0.6) is 0 Å². The van der Waals surface area contributed by atoms with Gasteiger partial charge in [-0.3, -0.25) is 9.55 Å². The third kappa shape index (κ3) is 3.29. The number of hydrogen-bond acceptors (Lipinski definition) is 5. The van der Waals surface area contributed by atoms with Crippen molar-refractivity contribution in [1.82, 2.24) is 19.7 Å². The van der Waals surface area contributed by atoms with E-state index in [1.54, 1.807) is 12.5 Å². The SMILES string of the molecule is CC1CC(C)CN(c2nnc(-c3ccccn3)n2Cc2ccco2)C1. The van der Waals surface area contributed by atoms with Crippen LogP contribution in [0.4, 0.5) is 5.95 Å². The van der Waals surface area contributed by atoms with Crippen molar-refractivity contribution in [1.29, 1.82) is 0 Å². The molecular weight excluding hydrogens is 314 g/mol. The maximum Gasteiger partial charge on any atom is 0.228 e. The van der Waals surface area contributed by atoms with Crippen LogP contribution in [0.3, 0.4) is 0 Å². The van der Waals surface area contributed by atoms with Gasteiger partial charge in [-0.25, -0.2) is 0 Å². The standard InChI is InChI=1S/C19H23N5O/c1-14-10-15(2)12-23(11-14)19-22-21-18(17-7-3-4-8-20-17)24(19)13-16-6-5-9-25-16/h3-9,14-15H,10-13H2,1-2H3. The molecule has 4 rings (SSSR count). The molecular formula is C19H23N5O. The first-order valence-corrected chi connectivity index (χ1v) is 8.82. The first-order chi connectivity index (χ1) is 12.2. The molecule has 25 heavy (non-hydrogen) atoms. The number of piperidine rings is 1. The van der Waals surface area contributed by atoms with Crippen LogP contribution in [-0.2, 0) is 6.54 Å². The number of aromatic nitrogens is 4. The largest absolute Gasteiger partial charge is 0.467 e. The van der Waals surface area contributed by atoms with Gasteiger partial charge in [0.15, 0.2) is 5.82 Å². The van der Waals surface area contributed by atoms with Gasteiger partial charge in [0.05, 0.1) is 12.8 Å². The minimum absolute atomic E-state index is 0.598. The molecule has 0 bridgehead atoms. The molecule has 2 atom stereocenters. The van der Waals surface area contributed by atoms with Crippen LogP contribution >= 0.6 is 0 Å². The molecule has 4 heterocycles. The lowest BCUT2D eigenvalue weighted by molar-refractivity contribution is 0.351. The monoisotopic (exact) mass is 337 g/mol. The Hall–Kier alpha value is -2.63. The number of rotatable bonds is 4. The number of furan rings is 1. The predicted molar refractivity (Wildman–Crippen MR) is 96.2 cm³/mol. The highest BCUT2D eigenvalue weighted by molar-refractivity contribution is 5.53. The summed E-state index contributed by atoms with van der Waals surface area (Å²) in [6.45, 7) is 7.21. The van der Waals surface area contributed by atoms with E-state index in [1.807, 2.05) is 30.3 Å². The van der Waals surface area contributed by atoms with Gasteiger partial charge in [0, 0.05) is 19.3 Å². The summed E-state index contributed by atoms with van der Waals surface area (Å²) >= 11 is 0. The third-order valence-electron chi connectivity index (χ3n) is 4.67. The molecule has 6 heteroatoms. The van der Waals surface area contributed by atoms with Gasteiger partial charge in [0.1, 0.15) is 11.5 Å². The second-order valence-corrected chi connectivity index (χ2v) is 7.06. The maximum atomic E-state index is 5.57. The fraction of sp³-hybridized carbons (Fsp3) is 0.421. The van der Waals surface area contributed by atoms with E-state index in [0.717, 1.165) is 36.3 Å². The average molecular weight is 337 g/mol. The summed E-state index contributed by atoms with van der Waals surface area (Å²) in [6, 6.07) is 9.73. The lowest BCUT2D eigenvalue weighted by Gasteiger charge is -2.35. The van der Waals surface area contributed by atoms with Crippen LogP contribution in [0, 0.1) is 11.8 Å². The van der Waals surface area contributed by atoms with Gasteiger partial charge in [-0.05, 0) is 42.5 Å². The first kappa shape index (κ1) is 15.9. The van der Waals surface area contributed by atoms with Crippen LogP contribution in [0.15, 0.2) is 47.2 Å². The summed E-state index contributed by atoms with van der Waals surface area (Å²) < 4.78 is 7.68. The molecule has 2 unspecified atom stereocenters. The maximum absolute atomic E-state index is 5.57. The van der Waals surface area contributed by atoms with Crippen molar-refractivity contribution in [2.24, 2.45) is 11.8 Å². The Kier molecular flexibility index (Phi) is 4.26. The molecule has 0 saturated carbocycles. The van der Waals surface area contributed by atoms with Gasteiger partial charge in [-0.1, -0.05) is 19.9 Å². The summed E-state index contributed by atoms with van der Waals surface area (Å²) in [5, 5.41) is 8.98.